The lowest BCUT2D eigenvalue weighted by Gasteiger charge is -2.38. The van der Waals surface area contributed by atoms with Crippen LogP contribution in [-0.2, 0) is 4.79 Å². The largest absolute Gasteiger partial charge is 0.299 e. The Balaban J connectivity index is 2.17. The van der Waals surface area contributed by atoms with Gasteiger partial charge in [0.15, 0.2) is 0 Å². The van der Waals surface area contributed by atoms with Crippen LogP contribution < -0.4 is 0 Å². The Bertz CT molecular complexity index is 189. The molecule has 2 aliphatic rings. The molecule has 2 rings (SSSR count). The molecule has 1 spiro atoms. The van der Waals surface area contributed by atoms with Gasteiger partial charge in [0.1, 0.15) is 5.78 Å². The molecule has 0 bridgehead atoms. The minimum atomic E-state index is 0.369. The van der Waals surface area contributed by atoms with E-state index in [-0.39, 0.29) is 0 Å². The number of rotatable bonds is 0. The molecule has 0 aromatic carbocycles. The van der Waals surface area contributed by atoms with Crippen LogP contribution in [0.3, 0.4) is 0 Å². The molecule has 0 saturated heterocycles. The maximum Gasteiger partial charge on any atom is 0.136 e. The Labute approximate surface area is 74.5 Å². The van der Waals surface area contributed by atoms with Gasteiger partial charge in [0.05, 0.1) is 0 Å². The summed E-state index contributed by atoms with van der Waals surface area (Å²) in [7, 11) is 0. The van der Waals surface area contributed by atoms with Crippen molar-refractivity contribution in [2.75, 3.05) is 0 Å². The molecule has 0 radical (unpaired) electrons. The number of Topliss-reactive ketones (excluding diaryl/α,β-unsaturated/α-hetero) is 1. The Kier molecular flexibility index (Phi) is 1.97. The molecule has 1 unspecified atom stereocenters. The summed E-state index contributed by atoms with van der Waals surface area (Å²) in [5.41, 5.74) is 0.454. The molecule has 2 aliphatic carbocycles. The van der Waals surface area contributed by atoms with Crippen LogP contribution in [0.15, 0.2) is 0 Å². The fourth-order valence-corrected chi connectivity index (χ4v) is 3.15. The second-order valence-corrected chi connectivity index (χ2v) is 4.61. The van der Waals surface area contributed by atoms with Crippen molar-refractivity contribution in [3.8, 4) is 0 Å². The van der Waals surface area contributed by atoms with Crippen molar-refractivity contribution in [3.63, 3.8) is 0 Å². The quantitative estimate of drug-likeness (QED) is 0.540. The van der Waals surface area contributed by atoms with Gasteiger partial charge in [-0.25, -0.2) is 0 Å². The van der Waals surface area contributed by atoms with Crippen molar-refractivity contribution in [1.29, 1.82) is 0 Å². The normalized spacial score (nSPS) is 34.4. The summed E-state index contributed by atoms with van der Waals surface area (Å²) in [4.78, 5) is 11.6. The highest BCUT2D eigenvalue weighted by Crippen LogP contribution is 2.50. The Hall–Kier alpha value is -0.330. The highest BCUT2D eigenvalue weighted by Gasteiger charge is 2.43. The van der Waals surface area contributed by atoms with E-state index in [1.165, 1.54) is 32.1 Å². The SMILES string of the molecule is CC1C(=O)CCCC12CCCC2. The van der Waals surface area contributed by atoms with Gasteiger partial charge < -0.3 is 0 Å². The van der Waals surface area contributed by atoms with E-state index < -0.39 is 0 Å². The summed E-state index contributed by atoms with van der Waals surface area (Å²) in [5, 5.41) is 0. The number of hydrogen-bond acceptors (Lipinski definition) is 1. The van der Waals surface area contributed by atoms with E-state index in [4.69, 9.17) is 0 Å². The molecule has 0 heterocycles. The van der Waals surface area contributed by atoms with Crippen LogP contribution >= 0.6 is 0 Å². The van der Waals surface area contributed by atoms with Crippen LogP contribution in [0.25, 0.3) is 0 Å². The highest BCUT2D eigenvalue weighted by molar-refractivity contribution is 5.82. The lowest BCUT2D eigenvalue weighted by molar-refractivity contribution is -0.129. The smallest absolute Gasteiger partial charge is 0.136 e. The minimum absolute atomic E-state index is 0.369. The number of hydrogen-bond donors (Lipinski definition) is 0. The van der Waals surface area contributed by atoms with Crippen molar-refractivity contribution in [1.82, 2.24) is 0 Å². The lowest BCUT2D eigenvalue weighted by atomic mass is 9.65. The average molecular weight is 166 g/mol. The molecule has 0 aromatic heterocycles. The molecular weight excluding hydrogens is 148 g/mol. The van der Waals surface area contributed by atoms with Gasteiger partial charge in [-0.2, -0.15) is 0 Å². The van der Waals surface area contributed by atoms with Gasteiger partial charge in [-0.3, -0.25) is 4.79 Å². The molecule has 0 N–H and O–H groups in total. The number of carbonyl (C=O) groups excluding carboxylic acids is 1. The second kappa shape index (κ2) is 2.86. The van der Waals surface area contributed by atoms with Crippen LogP contribution in [0, 0.1) is 11.3 Å². The molecule has 2 saturated carbocycles. The molecule has 2 fully saturated rings. The Morgan fingerprint density at radius 3 is 2.42 bits per heavy atom. The average Bonchev–Trinajstić information content (AvgIpc) is 2.50. The molecular formula is C11H18O. The van der Waals surface area contributed by atoms with Gasteiger partial charge in [-0.1, -0.05) is 19.8 Å². The van der Waals surface area contributed by atoms with Gasteiger partial charge in [0.2, 0.25) is 0 Å². The topological polar surface area (TPSA) is 17.1 Å². The van der Waals surface area contributed by atoms with E-state index in [0.717, 1.165) is 12.8 Å². The third kappa shape index (κ3) is 1.10. The molecule has 1 nitrogen and oxygen atoms in total. The zero-order chi connectivity index (χ0) is 8.60. The van der Waals surface area contributed by atoms with E-state index in [9.17, 15) is 4.79 Å². The van der Waals surface area contributed by atoms with Gasteiger partial charge in [-0.05, 0) is 31.1 Å². The molecule has 0 aliphatic heterocycles. The fourth-order valence-electron chi connectivity index (χ4n) is 3.15. The van der Waals surface area contributed by atoms with Crippen molar-refractivity contribution in [2.45, 2.75) is 51.9 Å². The lowest BCUT2D eigenvalue weighted by Crippen LogP contribution is -2.35. The zero-order valence-corrected chi connectivity index (χ0v) is 7.94. The predicted molar refractivity (Wildman–Crippen MR) is 48.9 cm³/mol. The van der Waals surface area contributed by atoms with Crippen molar-refractivity contribution >= 4 is 5.78 Å². The van der Waals surface area contributed by atoms with E-state index in [1.807, 2.05) is 0 Å². The Morgan fingerprint density at radius 2 is 1.75 bits per heavy atom. The molecule has 0 aromatic rings. The van der Waals surface area contributed by atoms with Crippen molar-refractivity contribution in [3.05, 3.63) is 0 Å². The van der Waals surface area contributed by atoms with Gasteiger partial charge in [0, 0.05) is 12.3 Å². The first-order valence-electron chi connectivity index (χ1n) is 5.27. The van der Waals surface area contributed by atoms with E-state index in [0.29, 0.717) is 17.1 Å². The monoisotopic (exact) mass is 166 g/mol. The Morgan fingerprint density at radius 1 is 1.17 bits per heavy atom. The van der Waals surface area contributed by atoms with Crippen LogP contribution in [0.1, 0.15) is 51.9 Å². The van der Waals surface area contributed by atoms with E-state index >= 15 is 0 Å². The summed E-state index contributed by atoms with van der Waals surface area (Å²) >= 11 is 0. The second-order valence-electron chi connectivity index (χ2n) is 4.61. The van der Waals surface area contributed by atoms with Gasteiger partial charge >= 0.3 is 0 Å². The molecule has 1 heteroatoms. The maximum absolute atomic E-state index is 11.6. The van der Waals surface area contributed by atoms with Crippen molar-refractivity contribution < 1.29 is 4.79 Å². The standard InChI is InChI=1S/C11H18O/c1-9-10(12)5-4-8-11(9)6-2-3-7-11/h9H,2-8H2,1H3. The first-order valence-corrected chi connectivity index (χ1v) is 5.27. The first kappa shape index (κ1) is 8.28. The molecule has 68 valence electrons. The maximum atomic E-state index is 11.6. The third-order valence-corrected chi connectivity index (χ3v) is 4.10. The fraction of sp³-hybridized carbons (Fsp3) is 0.909. The van der Waals surface area contributed by atoms with E-state index in [1.54, 1.807) is 0 Å². The predicted octanol–water partition coefficient (Wildman–Crippen LogP) is 2.94. The summed E-state index contributed by atoms with van der Waals surface area (Å²) in [6.45, 7) is 2.16. The van der Waals surface area contributed by atoms with Gasteiger partial charge in [-0.15, -0.1) is 0 Å². The number of carbonyl (C=O) groups is 1. The number of ketones is 1. The van der Waals surface area contributed by atoms with Crippen molar-refractivity contribution in [2.24, 2.45) is 11.3 Å². The summed E-state index contributed by atoms with van der Waals surface area (Å²) in [6, 6.07) is 0. The molecule has 0 amide bonds. The highest BCUT2D eigenvalue weighted by atomic mass is 16.1. The van der Waals surface area contributed by atoms with Crippen LogP contribution in [-0.4, -0.2) is 5.78 Å². The van der Waals surface area contributed by atoms with Crippen LogP contribution in [0.2, 0.25) is 0 Å². The van der Waals surface area contributed by atoms with Crippen LogP contribution in [0.4, 0.5) is 0 Å². The summed E-state index contributed by atoms with van der Waals surface area (Å²) in [6.07, 6.45) is 8.68. The summed E-state index contributed by atoms with van der Waals surface area (Å²) < 4.78 is 0. The molecule has 12 heavy (non-hydrogen) atoms. The van der Waals surface area contributed by atoms with Crippen LogP contribution in [0.5, 0.6) is 0 Å². The first-order chi connectivity index (χ1) is 5.75. The summed E-state index contributed by atoms with van der Waals surface area (Å²) in [5.74, 6) is 0.900. The third-order valence-electron chi connectivity index (χ3n) is 4.10. The van der Waals surface area contributed by atoms with E-state index in [2.05, 4.69) is 6.92 Å². The van der Waals surface area contributed by atoms with Gasteiger partial charge in [0.25, 0.3) is 0 Å². The molecule has 1 atom stereocenters. The zero-order valence-electron chi connectivity index (χ0n) is 7.94. The minimum Gasteiger partial charge on any atom is -0.299 e.